The zero-order chi connectivity index (χ0) is 21.2. The molecule has 2 aliphatic rings. The zero-order valence-corrected chi connectivity index (χ0v) is 17.5. The van der Waals surface area contributed by atoms with Crippen molar-refractivity contribution in [3.63, 3.8) is 0 Å². The van der Waals surface area contributed by atoms with E-state index in [4.69, 9.17) is 19.2 Å². The second kappa shape index (κ2) is 8.55. The summed E-state index contributed by atoms with van der Waals surface area (Å²) in [5, 5.41) is 18.3. The number of rotatable bonds is 6. The molecule has 1 amide bonds. The van der Waals surface area contributed by atoms with Gasteiger partial charge in [0.05, 0.1) is 24.4 Å². The van der Waals surface area contributed by atoms with E-state index in [-0.39, 0.29) is 5.92 Å². The molecule has 3 rings (SSSR count). The van der Waals surface area contributed by atoms with Crippen LogP contribution in [0.5, 0.6) is 6.01 Å². The monoisotopic (exact) mass is 407 g/mol. The third-order valence-corrected chi connectivity index (χ3v) is 6.01. The number of aliphatic hydroxyl groups is 2. The molecule has 0 unspecified atom stereocenters. The van der Waals surface area contributed by atoms with Gasteiger partial charge in [-0.2, -0.15) is 0 Å². The highest BCUT2D eigenvalue weighted by Gasteiger charge is 2.52. The summed E-state index contributed by atoms with van der Waals surface area (Å²) in [5.74, 6) is -0.148. The molecule has 3 heterocycles. The largest absolute Gasteiger partial charge is 0.498 e. The molecular formula is C19H30BN3O6. The van der Waals surface area contributed by atoms with Gasteiger partial charge in [-0.05, 0) is 46.5 Å². The van der Waals surface area contributed by atoms with Crippen LogP contribution in [0.2, 0.25) is 0 Å². The number of amides is 1. The molecule has 1 aromatic rings. The molecule has 1 atom stereocenters. The summed E-state index contributed by atoms with van der Waals surface area (Å²) in [6, 6.07) is 0.291. The maximum atomic E-state index is 11.9. The van der Waals surface area contributed by atoms with Crippen molar-refractivity contribution in [2.75, 3.05) is 26.3 Å². The number of carbonyl (C=O) groups excluding carboxylic acids is 1. The van der Waals surface area contributed by atoms with Crippen molar-refractivity contribution in [2.24, 2.45) is 5.92 Å². The lowest BCUT2D eigenvalue weighted by Crippen LogP contribution is -2.45. The molecule has 2 N–H and O–H groups in total. The van der Waals surface area contributed by atoms with E-state index in [1.807, 2.05) is 27.7 Å². The van der Waals surface area contributed by atoms with E-state index in [9.17, 15) is 9.90 Å². The maximum Gasteiger partial charge on any atom is 0.498 e. The van der Waals surface area contributed by atoms with Gasteiger partial charge in [-0.25, -0.2) is 9.97 Å². The van der Waals surface area contributed by atoms with Gasteiger partial charge in [-0.15, -0.1) is 0 Å². The first kappa shape index (κ1) is 22.0. The summed E-state index contributed by atoms with van der Waals surface area (Å²) in [4.78, 5) is 22.0. The van der Waals surface area contributed by atoms with E-state index >= 15 is 0 Å². The molecule has 1 aromatic heterocycles. The number of aliphatic hydroxyl groups excluding tert-OH is 2. The van der Waals surface area contributed by atoms with Crippen LogP contribution in [0.4, 0.5) is 0 Å². The van der Waals surface area contributed by atoms with E-state index in [2.05, 4.69) is 9.97 Å². The number of hydrogen-bond acceptors (Lipinski definition) is 8. The number of nitrogens with zero attached hydrogens (tertiary/aromatic N) is 3. The van der Waals surface area contributed by atoms with Gasteiger partial charge in [0, 0.05) is 30.9 Å². The van der Waals surface area contributed by atoms with E-state index in [0.717, 1.165) is 18.3 Å². The molecule has 10 heteroatoms. The molecule has 29 heavy (non-hydrogen) atoms. The fourth-order valence-electron chi connectivity index (χ4n) is 3.30. The van der Waals surface area contributed by atoms with Crippen molar-refractivity contribution in [3.8, 4) is 6.01 Å². The van der Waals surface area contributed by atoms with Crippen LogP contribution in [0.3, 0.4) is 0 Å². The Labute approximate surface area is 171 Å². The molecule has 0 aliphatic carbocycles. The third-order valence-electron chi connectivity index (χ3n) is 6.01. The number of hydrogen-bond donors (Lipinski definition) is 2. The summed E-state index contributed by atoms with van der Waals surface area (Å²) in [6.07, 6.45) is 3.49. The Morgan fingerprint density at radius 1 is 1.24 bits per heavy atom. The number of piperidine rings is 1. The maximum absolute atomic E-state index is 11.9. The SMILES string of the molecule is CC1(C)OB(c2cnc(OCC3CCN(C(=O)[C@H](O)CO)CC3)nc2)OC1(C)C. The van der Waals surface area contributed by atoms with Crippen molar-refractivity contribution in [3.05, 3.63) is 12.4 Å². The average Bonchev–Trinajstić information content (AvgIpc) is 2.93. The number of ether oxygens (including phenoxy) is 1. The Hall–Kier alpha value is -1.75. The van der Waals surface area contributed by atoms with E-state index < -0.39 is 36.9 Å². The lowest BCUT2D eigenvalue weighted by atomic mass is 9.81. The van der Waals surface area contributed by atoms with Crippen LogP contribution in [0.25, 0.3) is 0 Å². The minimum absolute atomic E-state index is 0.275. The quantitative estimate of drug-likeness (QED) is 0.621. The van der Waals surface area contributed by atoms with Crippen molar-refractivity contribution in [2.45, 2.75) is 57.8 Å². The van der Waals surface area contributed by atoms with Crippen LogP contribution in [0.1, 0.15) is 40.5 Å². The van der Waals surface area contributed by atoms with Gasteiger partial charge < -0.3 is 29.2 Å². The highest BCUT2D eigenvalue weighted by molar-refractivity contribution is 6.61. The van der Waals surface area contributed by atoms with Crippen LogP contribution in [-0.4, -0.2) is 81.7 Å². The first-order valence-electron chi connectivity index (χ1n) is 10.0. The summed E-state index contributed by atoms with van der Waals surface area (Å²) < 4.78 is 17.7. The van der Waals surface area contributed by atoms with Gasteiger partial charge in [-0.1, -0.05) is 0 Å². The lowest BCUT2D eigenvalue weighted by Gasteiger charge is -2.32. The first-order valence-corrected chi connectivity index (χ1v) is 10.0. The molecule has 0 aromatic carbocycles. The smallest absolute Gasteiger partial charge is 0.463 e. The van der Waals surface area contributed by atoms with Gasteiger partial charge in [0.2, 0.25) is 0 Å². The highest BCUT2D eigenvalue weighted by Crippen LogP contribution is 2.36. The molecule has 2 aliphatic heterocycles. The van der Waals surface area contributed by atoms with Crippen LogP contribution in [-0.2, 0) is 14.1 Å². The highest BCUT2D eigenvalue weighted by atomic mass is 16.7. The fraction of sp³-hybridized carbons (Fsp3) is 0.737. The van der Waals surface area contributed by atoms with Crippen LogP contribution in [0, 0.1) is 5.92 Å². The van der Waals surface area contributed by atoms with Crippen molar-refractivity contribution in [1.82, 2.24) is 14.9 Å². The Balaban J connectivity index is 1.46. The third kappa shape index (κ3) is 4.88. The molecule has 0 bridgehead atoms. The Morgan fingerprint density at radius 3 is 2.31 bits per heavy atom. The van der Waals surface area contributed by atoms with E-state index in [1.165, 1.54) is 0 Å². The molecule has 160 valence electrons. The average molecular weight is 407 g/mol. The van der Waals surface area contributed by atoms with Crippen LogP contribution >= 0.6 is 0 Å². The minimum atomic E-state index is -1.33. The number of carbonyl (C=O) groups is 1. The molecule has 0 radical (unpaired) electrons. The van der Waals surface area contributed by atoms with E-state index in [0.29, 0.717) is 25.7 Å². The van der Waals surface area contributed by atoms with Gasteiger partial charge in [0.15, 0.2) is 6.10 Å². The van der Waals surface area contributed by atoms with Gasteiger partial charge in [0.25, 0.3) is 5.91 Å². The normalized spacial score (nSPS) is 22.6. The summed E-state index contributed by atoms with van der Waals surface area (Å²) in [5.41, 5.74) is -0.0997. The molecule has 2 saturated heterocycles. The second-order valence-corrected chi connectivity index (χ2v) is 8.67. The topological polar surface area (TPSA) is 114 Å². The van der Waals surface area contributed by atoms with Gasteiger partial charge >= 0.3 is 13.1 Å². The molecular weight excluding hydrogens is 377 g/mol. The summed E-state index contributed by atoms with van der Waals surface area (Å²) in [7, 11) is -0.509. The van der Waals surface area contributed by atoms with Gasteiger partial charge in [-0.3, -0.25) is 4.79 Å². The molecule has 2 fully saturated rings. The van der Waals surface area contributed by atoms with Crippen LogP contribution in [0.15, 0.2) is 12.4 Å². The lowest BCUT2D eigenvalue weighted by molar-refractivity contribution is -0.143. The zero-order valence-electron chi connectivity index (χ0n) is 17.5. The minimum Gasteiger partial charge on any atom is -0.463 e. The second-order valence-electron chi connectivity index (χ2n) is 8.67. The number of likely N-dealkylation sites (tertiary alicyclic amines) is 1. The number of aromatic nitrogens is 2. The fourth-order valence-corrected chi connectivity index (χ4v) is 3.30. The van der Waals surface area contributed by atoms with Crippen molar-refractivity contribution >= 4 is 18.5 Å². The van der Waals surface area contributed by atoms with E-state index in [1.54, 1.807) is 17.3 Å². The standard InChI is InChI=1S/C19H30BN3O6/c1-18(2)19(3,4)29-20(28-18)14-9-21-17(22-10-14)27-12-13-5-7-23(8-6-13)16(26)15(25)11-24/h9-10,13,15,24-25H,5-8,11-12H2,1-4H3/t15-/m1/s1. The first-order chi connectivity index (χ1) is 13.6. The molecule has 0 saturated carbocycles. The Bertz CT molecular complexity index is 690. The van der Waals surface area contributed by atoms with Gasteiger partial charge in [0.1, 0.15) is 0 Å². The summed E-state index contributed by atoms with van der Waals surface area (Å²) in [6.45, 7) is 8.95. The molecule has 9 nitrogen and oxygen atoms in total. The van der Waals surface area contributed by atoms with Crippen LogP contribution < -0.4 is 10.2 Å². The Kier molecular flexibility index (Phi) is 6.47. The molecule has 0 spiro atoms. The van der Waals surface area contributed by atoms with Crippen molar-refractivity contribution in [1.29, 1.82) is 0 Å². The van der Waals surface area contributed by atoms with Crippen molar-refractivity contribution < 1.29 is 29.1 Å². The summed E-state index contributed by atoms with van der Waals surface area (Å²) >= 11 is 0. The predicted octanol–water partition coefficient (Wildman–Crippen LogP) is -0.254. The Morgan fingerprint density at radius 2 is 1.79 bits per heavy atom. The predicted molar refractivity (Wildman–Crippen MR) is 106 cm³/mol.